The molecule has 1 aliphatic rings. The van der Waals surface area contributed by atoms with Crippen LogP contribution in [0.1, 0.15) is 28.9 Å². The van der Waals surface area contributed by atoms with Crippen LogP contribution in [-0.4, -0.2) is 30.6 Å². The fourth-order valence-electron chi connectivity index (χ4n) is 2.87. The molecule has 1 N–H and O–H groups in total. The van der Waals surface area contributed by atoms with Crippen LogP contribution in [0, 0.1) is 12.8 Å². The zero-order valence-corrected chi connectivity index (χ0v) is 13.4. The highest BCUT2D eigenvalue weighted by Crippen LogP contribution is 2.21. The minimum Gasteiger partial charge on any atom is -0.381 e. The third-order valence-corrected chi connectivity index (χ3v) is 4.22. The first-order chi connectivity index (χ1) is 11.2. The topological polar surface area (TPSA) is 51.2 Å². The number of aromatic nitrogens is 1. The van der Waals surface area contributed by atoms with Gasteiger partial charge in [-0.3, -0.25) is 9.78 Å². The molecule has 0 unspecified atom stereocenters. The van der Waals surface area contributed by atoms with Crippen LogP contribution in [0.5, 0.6) is 0 Å². The van der Waals surface area contributed by atoms with E-state index >= 15 is 0 Å². The summed E-state index contributed by atoms with van der Waals surface area (Å²) in [6, 6.07) is 11.7. The van der Waals surface area contributed by atoms with Gasteiger partial charge in [-0.05, 0) is 61.1 Å². The fraction of sp³-hybridized carbons (Fsp3) is 0.368. The predicted octanol–water partition coefficient (Wildman–Crippen LogP) is 3.21. The monoisotopic (exact) mass is 310 g/mol. The molecule has 0 bridgehead atoms. The molecule has 3 rings (SSSR count). The van der Waals surface area contributed by atoms with Gasteiger partial charge in [0.15, 0.2) is 0 Å². The van der Waals surface area contributed by atoms with E-state index in [1.165, 1.54) is 0 Å². The van der Waals surface area contributed by atoms with Crippen molar-refractivity contribution < 1.29 is 9.53 Å². The molecule has 0 aliphatic carbocycles. The van der Waals surface area contributed by atoms with Crippen LogP contribution in [0.3, 0.4) is 0 Å². The number of rotatable bonds is 5. The van der Waals surface area contributed by atoms with E-state index in [-0.39, 0.29) is 5.91 Å². The maximum absolute atomic E-state index is 12.3. The van der Waals surface area contributed by atoms with Crippen molar-refractivity contribution in [1.29, 1.82) is 0 Å². The van der Waals surface area contributed by atoms with Crippen LogP contribution in [-0.2, 0) is 4.74 Å². The van der Waals surface area contributed by atoms with E-state index in [0.717, 1.165) is 42.9 Å². The summed E-state index contributed by atoms with van der Waals surface area (Å²) < 4.78 is 5.36. The molecule has 2 heterocycles. The van der Waals surface area contributed by atoms with Crippen molar-refractivity contribution in [2.75, 3.05) is 19.8 Å². The van der Waals surface area contributed by atoms with E-state index in [4.69, 9.17) is 4.74 Å². The van der Waals surface area contributed by atoms with Gasteiger partial charge >= 0.3 is 0 Å². The number of carbonyl (C=O) groups is 1. The number of hydrogen-bond acceptors (Lipinski definition) is 3. The molecule has 1 fully saturated rings. The highest BCUT2D eigenvalue weighted by molar-refractivity contribution is 5.95. The van der Waals surface area contributed by atoms with Gasteiger partial charge in [-0.2, -0.15) is 0 Å². The molecule has 4 nitrogen and oxygen atoms in total. The van der Waals surface area contributed by atoms with Crippen molar-refractivity contribution in [3.8, 4) is 11.1 Å². The molecule has 4 heteroatoms. The van der Waals surface area contributed by atoms with Gasteiger partial charge in [-0.1, -0.05) is 12.1 Å². The zero-order valence-electron chi connectivity index (χ0n) is 13.4. The van der Waals surface area contributed by atoms with E-state index in [0.29, 0.717) is 18.0 Å². The average Bonchev–Trinajstić information content (AvgIpc) is 3.08. The van der Waals surface area contributed by atoms with Crippen LogP contribution in [0.15, 0.2) is 42.6 Å². The van der Waals surface area contributed by atoms with Gasteiger partial charge < -0.3 is 10.1 Å². The summed E-state index contributed by atoms with van der Waals surface area (Å²) in [6.07, 6.45) is 3.88. The molecule has 1 atom stereocenters. The molecule has 1 aromatic carbocycles. The third kappa shape index (κ3) is 4.17. The first kappa shape index (κ1) is 15.7. The van der Waals surface area contributed by atoms with Gasteiger partial charge in [0.2, 0.25) is 0 Å². The minimum atomic E-state index is -0.0171. The molecule has 1 aromatic heterocycles. The van der Waals surface area contributed by atoms with Crippen LogP contribution in [0.25, 0.3) is 11.1 Å². The standard InChI is InChI=1S/C19H22N2O2/c1-14-11-17(6-9-20-14)16-3-2-4-18(12-16)19(22)21-8-5-15-7-10-23-13-15/h2-4,6,9,11-12,15H,5,7-8,10,13H2,1H3,(H,21,22)/t15-/m1/s1. The maximum atomic E-state index is 12.3. The smallest absolute Gasteiger partial charge is 0.251 e. The van der Waals surface area contributed by atoms with Crippen molar-refractivity contribution >= 4 is 5.91 Å². The van der Waals surface area contributed by atoms with Gasteiger partial charge in [0, 0.05) is 37.2 Å². The lowest BCUT2D eigenvalue weighted by molar-refractivity contribution is 0.0950. The van der Waals surface area contributed by atoms with Crippen LogP contribution in [0.2, 0.25) is 0 Å². The number of carbonyl (C=O) groups excluding carboxylic acids is 1. The Morgan fingerprint density at radius 2 is 2.17 bits per heavy atom. The lowest BCUT2D eigenvalue weighted by atomic mass is 10.0. The lowest BCUT2D eigenvalue weighted by Gasteiger charge is -2.10. The number of pyridine rings is 1. The molecular formula is C19H22N2O2. The van der Waals surface area contributed by atoms with E-state index in [1.54, 1.807) is 6.20 Å². The Labute approximate surface area is 136 Å². The molecule has 0 spiro atoms. The Kier molecular flexibility index (Phi) is 5.03. The second-order valence-corrected chi connectivity index (χ2v) is 6.04. The molecule has 23 heavy (non-hydrogen) atoms. The molecule has 0 saturated carbocycles. The second-order valence-electron chi connectivity index (χ2n) is 6.04. The highest BCUT2D eigenvalue weighted by Gasteiger charge is 2.15. The third-order valence-electron chi connectivity index (χ3n) is 4.22. The van der Waals surface area contributed by atoms with E-state index in [1.807, 2.05) is 43.3 Å². The Morgan fingerprint density at radius 3 is 2.96 bits per heavy atom. The van der Waals surface area contributed by atoms with Gasteiger partial charge in [0.1, 0.15) is 0 Å². The molecule has 0 radical (unpaired) electrons. The Hall–Kier alpha value is -2.20. The average molecular weight is 310 g/mol. The number of benzene rings is 1. The minimum absolute atomic E-state index is 0.0171. The van der Waals surface area contributed by atoms with Crippen molar-refractivity contribution in [2.45, 2.75) is 19.8 Å². The SMILES string of the molecule is Cc1cc(-c2cccc(C(=O)NCC[C@@H]3CCOC3)c2)ccn1. The quantitative estimate of drug-likeness (QED) is 0.922. The van der Waals surface area contributed by atoms with Crippen molar-refractivity contribution in [2.24, 2.45) is 5.92 Å². The fourth-order valence-corrected chi connectivity index (χ4v) is 2.87. The summed E-state index contributed by atoms with van der Waals surface area (Å²) in [5.74, 6) is 0.568. The number of hydrogen-bond donors (Lipinski definition) is 1. The number of amides is 1. The molecule has 2 aromatic rings. The summed E-state index contributed by atoms with van der Waals surface area (Å²) in [7, 11) is 0. The number of nitrogens with one attached hydrogen (secondary N) is 1. The predicted molar refractivity (Wildman–Crippen MR) is 90.3 cm³/mol. The maximum Gasteiger partial charge on any atom is 0.251 e. The van der Waals surface area contributed by atoms with Crippen molar-refractivity contribution in [1.82, 2.24) is 10.3 Å². The van der Waals surface area contributed by atoms with E-state index < -0.39 is 0 Å². The summed E-state index contributed by atoms with van der Waals surface area (Å²) in [5.41, 5.74) is 3.78. The summed E-state index contributed by atoms with van der Waals surface area (Å²) in [4.78, 5) is 16.5. The summed E-state index contributed by atoms with van der Waals surface area (Å²) in [6.45, 7) is 4.34. The Morgan fingerprint density at radius 1 is 1.30 bits per heavy atom. The molecule has 1 saturated heterocycles. The Balaban J connectivity index is 1.63. The summed E-state index contributed by atoms with van der Waals surface area (Å²) in [5, 5.41) is 3.01. The van der Waals surface area contributed by atoms with Crippen LogP contribution < -0.4 is 5.32 Å². The largest absolute Gasteiger partial charge is 0.381 e. The van der Waals surface area contributed by atoms with Crippen molar-refractivity contribution in [3.05, 3.63) is 53.9 Å². The summed E-state index contributed by atoms with van der Waals surface area (Å²) >= 11 is 0. The van der Waals surface area contributed by atoms with Crippen LogP contribution >= 0.6 is 0 Å². The van der Waals surface area contributed by atoms with Gasteiger partial charge in [0.25, 0.3) is 5.91 Å². The molecular weight excluding hydrogens is 288 g/mol. The number of nitrogens with zero attached hydrogens (tertiary/aromatic N) is 1. The van der Waals surface area contributed by atoms with Gasteiger partial charge in [0.05, 0.1) is 0 Å². The zero-order chi connectivity index (χ0) is 16.1. The Bertz CT molecular complexity index is 679. The lowest BCUT2D eigenvalue weighted by Crippen LogP contribution is -2.26. The normalized spacial score (nSPS) is 17.2. The van der Waals surface area contributed by atoms with Gasteiger partial charge in [-0.15, -0.1) is 0 Å². The molecule has 120 valence electrons. The van der Waals surface area contributed by atoms with Gasteiger partial charge in [-0.25, -0.2) is 0 Å². The van der Waals surface area contributed by atoms with Crippen LogP contribution in [0.4, 0.5) is 0 Å². The van der Waals surface area contributed by atoms with E-state index in [2.05, 4.69) is 10.3 Å². The second kappa shape index (κ2) is 7.38. The molecule has 1 aliphatic heterocycles. The molecule has 1 amide bonds. The number of ether oxygens (including phenoxy) is 1. The first-order valence-corrected chi connectivity index (χ1v) is 8.11. The first-order valence-electron chi connectivity index (χ1n) is 8.11. The number of aryl methyl sites for hydroxylation is 1. The van der Waals surface area contributed by atoms with E-state index in [9.17, 15) is 4.79 Å². The highest BCUT2D eigenvalue weighted by atomic mass is 16.5. The van der Waals surface area contributed by atoms with Crippen molar-refractivity contribution in [3.63, 3.8) is 0 Å².